The second kappa shape index (κ2) is 6.35. The van der Waals surface area contributed by atoms with Gasteiger partial charge in [-0.3, -0.25) is 9.98 Å². The van der Waals surface area contributed by atoms with Crippen molar-refractivity contribution >= 4 is 16.9 Å². The highest BCUT2D eigenvalue weighted by Gasteiger charge is 2.20. The average molecular weight is 301 g/mol. The molecule has 3 rings (SSSR count). The summed E-state index contributed by atoms with van der Waals surface area (Å²) in [4.78, 5) is 8.56. The molecular formula is C16H19N3OS. The number of rotatable bonds is 4. The molecule has 0 amide bonds. The van der Waals surface area contributed by atoms with Crippen molar-refractivity contribution < 1.29 is 4.42 Å². The molecule has 0 spiro atoms. The Kier molecular flexibility index (Phi) is 4.29. The molecule has 0 bridgehead atoms. The first-order chi connectivity index (χ1) is 10.2. The predicted octanol–water partition coefficient (Wildman–Crippen LogP) is 3.27. The van der Waals surface area contributed by atoms with E-state index < -0.39 is 0 Å². The van der Waals surface area contributed by atoms with Gasteiger partial charge >= 0.3 is 0 Å². The Bertz CT molecular complexity index is 617. The van der Waals surface area contributed by atoms with Crippen LogP contribution in [0.15, 0.2) is 40.0 Å². The summed E-state index contributed by atoms with van der Waals surface area (Å²) >= 11 is 1.77. The maximum absolute atomic E-state index is 5.92. The van der Waals surface area contributed by atoms with E-state index in [0.29, 0.717) is 0 Å². The summed E-state index contributed by atoms with van der Waals surface area (Å²) in [6.07, 6.45) is 4.51. The summed E-state index contributed by atoms with van der Waals surface area (Å²) in [5.41, 5.74) is 2.42. The first-order valence-corrected chi connectivity index (χ1v) is 8.10. The molecule has 0 saturated carbocycles. The molecule has 0 aromatic carbocycles. The number of hydrogen-bond acceptors (Lipinski definition) is 5. The molecule has 0 fully saturated rings. The Morgan fingerprint density at radius 3 is 2.76 bits per heavy atom. The van der Waals surface area contributed by atoms with Crippen LogP contribution in [0.3, 0.4) is 0 Å². The van der Waals surface area contributed by atoms with Gasteiger partial charge in [0.1, 0.15) is 11.5 Å². The van der Waals surface area contributed by atoms with Gasteiger partial charge in [0, 0.05) is 18.1 Å². The van der Waals surface area contributed by atoms with Crippen molar-refractivity contribution in [2.75, 3.05) is 12.3 Å². The Morgan fingerprint density at radius 2 is 2.14 bits per heavy atom. The molecule has 2 aromatic rings. The zero-order valence-electron chi connectivity index (χ0n) is 12.3. The van der Waals surface area contributed by atoms with Crippen molar-refractivity contribution in [3.63, 3.8) is 0 Å². The number of thioether (sulfide) groups is 1. The lowest BCUT2D eigenvalue weighted by Gasteiger charge is -2.17. The van der Waals surface area contributed by atoms with Crippen molar-refractivity contribution in [2.24, 2.45) is 4.99 Å². The van der Waals surface area contributed by atoms with Crippen molar-refractivity contribution in [2.45, 2.75) is 26.3 Å². The van der Waals surface area contributed by atoms with Crippen LogP contribution in [-0.2, 0) is 6.42 Å². The molecule has 21 heavy (non-hydrogen) atoms. The lowest BCUT2D eigenvalue weighted by molar-refractivity contribution is 0.428. The maximum atomic E-state index is 5.92. The number of pyridine rings is 1. The fourth-order valence-corrected chi connectivity index (χ4v) is 3.11. The second-order valence-corrected chi connectivity index (χ2v) is 6.26. The standard InChI is InChI=1S/C16H19N3OS/c1-11-9-15(20-12(11)2)14(19-16-18-7-8-21-16)10-13-3-5-17-6-4-13/h3-6,9,14H,7-8,10H2,1-2H3,(H,18,19). The number of aromatic nitrogens is 1. The number of aryl methyl sites for hydroxylation is 2. The number of aliphatic imine (C=N–C) groups is 1. The minimum atomic E-state index is 0.101. The number of furan rings is 1. The van der Waals surface area contributed by atoms with Gasteiger partial charge in [-0.2, -0.15) is 0 Å². The molecule has 0 aliphatic carbocycles. The molecule has 1 aliphatic rings. The molecule has 3 heterocycles. The Morgan fingerprint density at radius 1 is 1.33 bits per heavy atom. The number of nitrogens with one attached hydrogen (secondary N) is 1. The Hall–Kier alpha value is -1.75. The maximum Gasteiger partial charge on any atom is 0.157 e. The van der Waals surface area contributed by atoms with Gasteiger partial charge in [-0.05, 0) is 49.6 Å². The Labute approximate surface area is 129 Å². The molecule has 4 nitrogen and oxygen atoms in total. The summed E-state index contributed by atoms with van der Waals surface area (Å²) in [6.45, 7) is 4.98. The molecule has 2 aromatic heterocycles. The van der Waals surface area contributed by atoms with E-state index in [0.717, 1.165) is 35.4 Å². The van der Waals surface area contributed by atoms with Gasteiger partial charge in [-0.1, -0.05) is 11.8 Å². The lowest BCUT2D eigenvalue weighted by Crippen LogP contribution is -2.26. The van der Waals surface area contributed by atoms with Crippen LogP contribution in [0.5, 0.6) is 0 Å². The van der Waals surface area contributed by atoms with E-state index in [1.165, 1.54) is 11.1 Å². The summed E-state index contributed by atoms with van der Waals surface area (Å²) in [5, 5.41) is 4.53. The van der Waals surface area contributed by atoms with Crippen molar-refractivity contribution in [3.8, 4) is 0 Å². The SMILES string of the molecule is Cc1cc(C(Cc2ccncc2)NC2=NCCS2)oc1C. The van der Waals surface area contributed by atoms with Crippen molar-refractivity contribution in [1.82, 2.24) is 10.3 Å². The molecule has 1 unspecified atom stereocenters. The highest BCUT2D eigenvalue weighted by atomic mass is 32.2. The van der Waals surface area contributed by atoms with Gasteiger partial charge in [0.2, 0.25) is 0 Å². The summed E-state index contributed by atoms with van der Waals surface area (Å²) in [5.74, 6) is 3.00. The molecular weight excluding hydrogens is 282 g/mol. The Balaban J connectivity index is 1.83. The number of amidine groups is 1. The highest BCUT2D eigenvalue weighted by molar-refractivity contribution is 8.14. The average Bonchev–Trinajstić information content (AvgIpc) is 3.10. The van der Waals surface area contributed by atoms with E-state index in [1.54, 1.807) is 11.8 Å². The second-order valence-electron chi connectivity index (χ2n) is 5.18. The number of hydrogen-bond donors (Lipinski definition) is 1. The first-order valence-electron chi connectivity index (χ1n) is 7.12. The van der Waals surface area contributed by atoms with Gasteiger partial charge in [-0.25, -0.2) is 0 Å². The normalized spacial score (nSPS) is 15.8. The first kappa shape index (κ1) is 14.2. The topological polar surface area (TPSA) is 50.4 Å². The molecule has 110 valence electrons. The van der Waals surface area contributed by atoms with Crippen LogP contribution in [-0.4, -0.2) is 22.4 Å². The van der Waals surface area contributed by atoms with E-state index in [1.807, 2.05) is 31.5 Å². The van der Waals surface area contributed by atoms with Gasteiger partial charge < -0.3 is 9.73 Å². The highest BCUT2D eigenvalue weighted by Crippen LogP contribution is 2.25. The molecule has 5 heteroatoms. The number of nitrogens with zero attached hydrogens (tertiary/aromatic N) is 2. The third-order valence-corrected chi connectivity index (χ3v) is 4.51. The van der Waals surface area contributed by atoms with Gasteiger partial charge in [0.25, 0.3) is 0 Å². The summed E-state index contributed by atoms with van der Waals surface area (Å²) in [7, 11) is 0. The van der Waals surface area contributed by atoms with Gasteiger partial charge in [-0.15, -0.1) is 0 Å². The van der Waals surface area contributed by atoms with Crippen LogP contribution >= 0.6 is 11.8 Å². The molecule has 0 saturated heterocycles. The van der Waals surface area contributed by atoms with Crippen LogP contribution in [0.4, 0.5) is 0 Å². The monoisotopic (exact) mass is 301 g/mol. The van der Waals surface area contributed by atoms with Crippen LogP contribution in [0.25, 0.3) is 0 Å². The van der Waals surface area contributed by atoms with Crippen LogP contribution < -0.4 is 5.32 Å². The zero-order valence-corrected chi connectivity index (χ0v) is 13.1. The largest absolute Gasteiger partial charge is 0.464 e. The smallest absolute Gasteiger partial charge is 0.157 e. The predicted molar refractivity (Wildman–Crippen MR) is 86.8 cm³/mol. The fourth-order valence-electron chi connectivity index (χ4n) is 2.32. The van der Waals surface area contributed by atoms with Gasteiger partial charge in [0.15, 0.2) is 5.17 Å². The molecule has 0 radical (unpaired) electrons. The minimum Gasteiger partial charge on any atom is -0.464 e. The van der Waals surface area contributed by atoms with E-state index in [-0.39, 0.29) is 6.04 Å². The molecule has 1 N–H and O–H groups in total. The third kappa shape index (κ3) is 3.47. The zero-order chi connectivity index (χ0) is 14.7. The van der Waals surface area contributed by atoms with Crippen molar-refractivity contribution in [3.05, 3.63) is 53.2 Å². The van der Waals surface area contributed by atoms with Crippen LogP contribution in [0.1, 0.15) is 28.7 Å². The summed E-state index contributed by atoms with van der Waals surface area (Å²) in [6, 6.07) is 6.31. The van der Waals surface area contributed by atoms with E-state index in [9.17, 15) is 0 Å². The van der Waals surface area contributed by atoms with Crippen LogP contribution in [0, 0.1) is 13.8 Å². The van der Waals surface area contributed by atoms with Gasteiger partial charge in [0.05, 0.1) is 12.6 Å². The third-order valence-electron chi connectivity index (χ3n) is 3.60. The van der Waals surface area contributed by atoms with E-state index in [2.05, 4.69) is 28.3 Å². The molecule has 1 atom stereocenters. The fraction of sp³-hybridized carbons (Fsp3) is 0.375. The van der Waals surface area contributed by atoms with E-state index >= 15 is 0 Å². The quantitative estimate of drug-likeness (QED) is 0.941. The van der Waals surface area contributed by atoms with Crippen LogP contribution in [0.2, 0.25) is 0 Å². The molecule has 1 aliphatic heterocycles. The van der Waals surface area contributed by atoms with E-state index in [4.69, 9.17) is 4.42 Å². The summed E-state index contributed by atoms with van der Waals surface area (Å²) < 4.78 is 5.92. The minimum absolute atomic E-state index is 0.101. The lowest BCUT2D eigenvalue weighted by atomic mass is 10.0. The van der Waals surface area contributed by atoms with Crippen molar-refractivity contribution in [1.29, 1.82) is 0 Å².